The first-order valence-electron chi connectivity index (χ1n) is 8.65. The quantitative estimate of drug-likeness (QED) is 0.612. The largest absolute Gasteiger partial charge is 1.00 e. The number of anilines is 1. The van der Waals surface area contributed by atoms with Crippen molar-refractivity contribution >= 4 is 11.5 Å². The molecule has 2 aliphatic rings. The van der Waals surface area contributed by atoms with Gasteiger partial charge in [-0.05, 0) is 23.1 Å². The molecule has 0 saturated heterocycles. The number of hydrazine groups is 1. The number of amidine groups is 1. The summed E-state index contributed by atoms with van der Waals surface area (Å²) in [6.07, 6.45) is 1.22. The third-order valence-corrected chi connectivity index (χ3v) is 4.89. The zero-order valence-corrected chi connectivity index (χ0v) is 15.3. The average molecular weight is 358 g/mol. The molecule has 1 aliphatic carbocycles. The number of halogens is 1. The van der Waals surface area contributed by atoms with Gasteiger partial charge in [-0.2, -0.15) is 5.43 Å². The molecule has 5 heteroatoms. The van der Waals surface area contributed by atoms with Crippen LogP contribution in [0.4, 0.5) is 5.69 Å². The maximum absolute atomic E-state index is 6.06. The van der Waals surface area contributed by atoms with Crippen molar-refractivity contribution in [3.63, 3.8) is 0 Å². The number of para-hydroxylation sites is 1. The third kappa shape index (κ3) is 3.51. The predicted octanol–water partition coefficient (Wildman–Crippen LogP) is -1.09. The molecule has 2 aromatic rings. The lowest BCUT2D eigenvalue weighted by Crippen LogP contribution is -3.00. The van der Waals surface area contributed by atoms with Crippen molar-refractivity contribution in [3.05, 3.63) is 65.2 Å². The van der Waals surface area contributed by atoms with Gasteiger partial charge in [-0.3, -0.25) is 4.99 Å². The number of hydrogen-bond acceptors (Lipinski definition) is 3. The molecule has 0 radical (unpaired) electrons. The van der Waals surface area contributed by atoms with E-state index in [-0.39, 0.29) is 24.6 Å². The summed E-state index contributed by atoms with van der Waals surface area (Å²) in [4.78, 5) is 3.61. The van der Waals surface area contributed by atoms with Crippen LogP contribution in [-0.2, 0) is 11.2 Å². The molecule has 1 aliphatic heterocycles. The Bertz CT molecular complexity index is 775. The SMILES string of the molecule is CC(C)c1ccccc1NNC1=[NH+][C@@H]2c3ccccc3C[C@@H]2OC1.[Cl-]. The maximum Gasteiger partial charge on any atom is 0.292 e. The average Bonchev–Trinajstić information content (AvgIpc) is 2.98. The molecule has 2 atom stereocenters. The lowest BCUT2D eigenvalue weighted by molar-refractivity contribution is -0.536. The minimum atomic E-state index is 0. The van der Waals surface area contributed by atoms with E-state index in [2.05, 4.69) is 78.2 Å². The van der Waals surface area contributed by atoms with Crippen LogP contribution < -0.4 is 28.3 Å². The van der Waals surface area contributed by atoms with E-state index in [0.717, 1.165) is 17.9 Å². The van der Waals surface area contributed by atoms with Crippen molar-refractivity contribution in [1.29, 1.82) is 0 Å². The predicted molar refractivity (Wildman–Crippen MR) is 95.9 cm³/mol. The van der Waals surface area contributed by atoms with Gasteiger partial charge in [0, 0.05) is 12.0 Å². The van der Waals surface area contributed by atoms with E-state index in [0.29, 0.717) is 12.5 Å². The molecule has 0 saturated carbocycles. The van der Waals surface area contributed by atoms with Gasteiger partial charge < -0.3 is 17.1 Å². The molecule has 0 unspecified atom stereocenters. The molecule has 0 spiro atoms. The van der Waals surface area contributed by atoms with Gasteiger partial charge in [-0.25, -0.2) is 5.43 Å². The van der Waals surface area contributed by atoms with Crippen molar-refractivity contribution in [3.8, 4) is 0 Å². The molecule has 0 bridgehead atoms. The van der Waals surface area contributed by atoms with Crippen LogP contribution in [0.1, 0.15) is 42.5 Å². The normalized spacial score (nSPS) is 21.0. The molecule has 0 amide bonds. The minimum Gasteiger partial charge on any atom is -1.00 e. The highest BCUT2D eigenvalue weighted by molar-refractivity contribution is 5.79. The van der Waals surface area contributed by atoms with Crippen LogP contribution in [0.2, 0.25) is 0 Å². The lowest BCUT2D eigenvalue weighted by atomic mass is 10.0. The van der Waals surface area contributed by atoms with Gasteiger partial charge in [-0.1, -0.05) is 56.3 Å². The van der Waals surface area contributed by atoms with Crippen LogP contribution in [-0.4, -0.2) is 18.5 Å². The Morgan fingerprint density at radius 2 is 1.80 bits per heavy atom. The van der Waals surface area contributed by atoms with Crippen molar-refractivity contribution in [1.82, 2.24) is 5.43 Å². The Morgan fingerprint density at radius 3 is 2.64 bits per heavy atom. The van der Waals surface area contributed by atoms with Gasteiger partial charge in [0.05, 0.1) is 5.69 Å². The summed E-state index contributed by atoms with van der Waals surface area (Å²) in [5.74, 6) is 1.45. The lowest BCUT2D eigenvalue weighted by Gasteiger charge is -2.22. The fraction of sp³-hybridized carbons (Fsp3) is 0.350. The minimum absolute atomic E-state index is 0. The van der Waals surface area contributed by atoms with Gasteiger partial charge >= 0.3 is 0 Å². The van der Waals surface area contributed by atoms with E-state index in [4.69, 9.17) is 4.74 Å². The summed E-state index contributed by atoms with van der Waals surface area (Å²) >= 11 is 0. The van der Waals surface area contributed by atoms with E-state index < -0.39 is 0 Å². The zero-order chi connectivity index (χ0) is 16.5. The zero-order valence-electron chi connectivity index (χ0n) is 14.6. The number of fused-ring (bicyclic) bond motifs is 3. The number of benzene rings is 2. The summed E-state index contributed by atoms with van der Waals surface area (Å²) in [5.41, 5.74) is 11.8. The third-order valence-electron chi connectivity index (χ3n) is 4.89. The second-order valence-electron chi connectivity index (χ2n) is 6.84. The number of ether oxygens (including phenoxy) is 1. The van der Waals surface area contributed by atoms with Gasteiger partial charge in [0.1, 0.15) is 18.8 Å². The summed E-state index contributed by atoms with van der Waals surface area (Å²) < 4.78 is 6.06. The van der Waals surface area contributed by atoms with Crippen molar-refractivity contribution < 1.29 is 22.1 Å². The molecule has 25 heavy (non-hydrogen) atoms. The second-order valence-corrected chi connectivity index (χ2v) is 6.84. The van der Waals surface area contributed by atoms with Crippen LogP contribution in [0.15, 0.2) is 48.5 Å². The molecule has 4 rings (SSSR count). The van der Waals surface area contributed by atoms with Crippen molar-refractivity contribution in [2.45, 2.75) is 38.3 Å². The van der Waals surface area contributed by atoms with Gasteiger partial charge in [-0.15, -0.1) is 0 Å². The second kappa shape index (κ2) is 7.46. The molecule has 0 fully saturated rings. The van der Waals surface area contributed by atoms with Crippen molar-refractivity contribution in [2.24, 2.45) is 0 Å². The molecule has 1 heterocycles. The van der Waals surface area contributed by atoms with Gasteiger partial charge in [0.15, 0.2) is 0 Å². The van der Waals surface area contributed by atoms with Crippen LogP contribution in [0.25, 0.3) is 0 Å². The highest BCUT2D eigenvalue weighted by Gasteiger charge is 2.38. The van der Waals surface area contributed by atoms with Gasteiger partial charge in [0.25, 0.3) is 5.84 Å². The smallest absolute Gasteiger partial charge is 0.292 e. The fourth-order valence-electron chi connectivity index (χ4n) is 3.63. The number of nitrogens with one attached hydrogen (secondary N) is 3. The number of rotatable bonds is 3. The Balaban J connectivity index is 0.00000182. The Kier molecular flexibility index (Phi) is 5.30. The molecule has 3 N–H and O–H groups in total. The first-order valence-corrected chi connectivity index (χ1v) is 8.65. The molecular formula is C20H24ClN3O. The Morgan fingerprint density at radius 1 is 1.04 bits per heavy atom. The Hall–Kier alpha value is -2.04. The van der Waals surface area contributed by atoms with E-state index in [1.807, 2.05) is 0 Å². The van der Waals surface area contributed by atoms with Gasteiger partial charge in [0.2, 0.25) is 0 Å². The van der Waals surface area contributed by atoms with Crippen LogP contribution >= 0.6 is 0 Å². The fourth-order valence-corrected chi connectivity index (χ4v) is 3.63. The van der Waals surface area contributed by atoms with Crippen LogP contribution in [0.3, 0.4) is 0 Å². The molecular weight excluding hydrogens is 334 g/mol. The first-order chi connectivity index (χ1) is 11.7. The molecule has 2 aromatic carbocycles. The summed E-state index contributed by atoms with van der Waals surface area (Å²) in [7, 11) is 0. The standard InChI is InChI=1S/C20H23N3O.ClH/c1-13(2)15-8-5-6-10-17(15)22-23-19-12-24-18-11-14-7-3-4-9-16(14)20(18)21-19;/h3-10,13,18,20,22H,11-12H2,1-2H3,(H,21,23);1H/t18-,20+;/m0./s1. The highest BCUT2D eigenvalue weighted by atomic mass is 35.5. The topological polar surface area (TPSA) is 47.3 Å². The van der Waals surface area contributed by atoms with E-state index in [1.54, 1.807) is 0 Å². The summed E-state index contributed by atoms with van der Waals surface area (Å²) in [6.45, 7) is 4.98. The summed E-state index contributed by atoms with van der Waals surface area (Å²) in [5, 5.41) is 0. The Labute approximate surface area is 155 Å². The van der Waals surface area contributed by atoms with Crippen LogP contribution in [0.5, 0.6) is 0 Å². The monoisotopic (exact) mass is 357 g/mol. The van der Waals surface area contributed by atoms with Crippen molar-refractivity contribution in [2.75, 3.05) is 12.0 Å². The van der Waals surface area contributed by atoms with E-state index in [9.17, 15) is 0 Å². The molecule has 132 valence electrons. The van der Waals surface area contributed by atoms with Crippen LogP contribution in [0, 0.1) is 0 Å². The maximum atomic E-state index is 6.06. The number of hydrogen-bond donors (Lipinski definition) is 3. The summed E-state index contributed by atoms with van der Waals surface area (Å²) in [6, 6.07) is 17.2. The highest BCUT2D eigenvalue weighted by Crippen LogP contribution is 2.31. The first kappa shape index (κ1) is 17.8. The van der Waals surface area contributed by atoms with E-state index >= 15 is 0 Å². The molecule has 4 nitrogen and oxygen atoms in total. The van der Waals surface area contributed by atoms with E-state index in [1.165, 1.54) is 16.7 Å². The molecule has 0 aromatic heterocycles.